The van der Waals surface area contributed by atoms with Gasteiger partial charge in [0.25, 0.3) is 0 Å². The van der Waals surface area contributed by atoms with Crippen molar-refractivity contribution in [3.63, 3.8) is 0 Å². The molecule has 3 rings (SSSR count). The Morgan fingerprint density at radius 1 is 1.14 bits per heavy atom. The highest BCUT2D eigenvalue weighted by molar-refractivity contribution is 7.86. The van der Waals surface area contributed by atoms with E-state index in [4.69, 9.17) is 11.6 Å². The number of aromatic nitrogens is 3. The van der Waals surface area contributed by atoms with E-state index in [0.717, 1.165) is 12.1 Å². The third-order valence-electron chi connectivity index (χ3n) is 3.78. The molecule has 1 unspecified atom stereocenters. The lowest BCUT2D eigenvalue weighted by atomic mass is 10.2. The quantitative estimate of drug-likeness (QED) is 0.535. The van der Waals surface area contributed by atoms with Crippen LogP contribution in [0.25, 0.3) is 22.8 Å². The Labute approximate surface area is 163 Å². The van der Waals surface area contributed by atoms with Crippen LogP contribution in [-0.4, -0.2) is 30.7 Å². The Morgan fingerprint density at radius 2 is 1.79 bits per heavy atom. The molecule has 1 heterocycles. The highest BCUT2D eigenvalue weighted by atomic mass is 35.5. The van der Waals surface area contributed by atoms with Crippen LogP contribution in [0.3, 0.4) is 0 Å². The SMILES string of the molecule is Cn1nc(-c2c(F)cccc2Cl)nc1-c1ccc(S(=O)C(F)(F)C(F)F)cc1. The number of benzene rings is 2. The summed E-state index contributed by atoms with van der Waals surface area (Å²) < 4.78 is 78.3. The maximum atomic E-state index is 14.1. The lowest BCUT2D eigenvalue weighted by Gasteiger charge is -2.14. The van der Waals surface area contributed by atoms with Crippen LogP contribution in [0.1, 0.15) is 0 Å². The molecule has 0 aliphatic rings. The van der Waals surface area contributed by atoms with Crippen molar-refractivity contribution in [2.24, 2.45) is 7.05 Å². The molecule has 0 spiro atoms. The number of alkyl halides is 4. The van der Waals surface area contributed by atoms with Crippen LogP contribution in [0, 0.1) is 5.82 Å². The minimum Gasteiger partial charge on any atom is -0.248 e. The molecular weight excluding hydrogens is 425 g/mol. The Morgan fingerprint density at radius 3 is 2.36 bits per heavy atom. The summed E-state index contributed by atoms with van der Waals surface area (Å²) in [5.41, 5.74) is 0.371. The standard InChI is InChI=1S/C17H11ClF5N3OS/c1-26-15(24-14(25-26)13-11(18)3-2-4-12(13)19)9-5-7-10(8-6-9)28(27)17(22,23)16(20)21/h2-8,16H,1H3. The van der Waals surface area contributed by atoms with Crippen LogP contribution >= 0.6 is 11.6 Å². The first-order valence-electron chi connectivity index (χ1n) is 7.66. The molecule has 1 aromatic heterocycles. The van der Waals surface area contributed by atoms with Crippen molar-refractivity contribution < 1.29 is 26.2 Å². The number of hydrogen-bond acceptors (Lipinski definition) is 3. The molecule has 3 aromatic rings. The van der Waals surface area contributed by atoms with Gasteiger partial charge in [0, 0.05) is 17.5 Å². The maximum Gasteiger partial charge on any atom is 0.384 e. The molecule has 148 valence electrons. The number of rotatable bonds is 5. The fourth-order valence-electron chi connectivity index (χ4n) is 2.42. The third-order valence-corrected chi connectivity index (χ3v) is 5.47. The molecular formula is C17H11ClF5N3OS. The lowest BCUT2D eigenvalue weighted by Crippen LogP contribution is -2.31. The van der Waals surface area contributed by atoms with Crippen molar-refractivity contribution in [2.75, 3.05) is 0 Å². The molecule has 0 radical (unpaired) electrons. The van der Waals surface area contributed by atoms with Crippen molar-refractivity contribution >= 4 is 22.4 Å². The number of aryl methyl sites for hydroxylation is 1. The van der Waals surface area contributed by atoms with E-state index in [1.165, 1.54) is 42.1 Å². The van der Waals surface area contributed by atoms with Crippen LogP contribution < -0.4 is 0 Å². The Balaban J connectivity index is 1.96. The van der Waals surface area contributed by atoms with Crippen LogP contribution in [0.4, 0.5) is 22.0 Å². The highest BCUT2D eigenvalue weighted by Crippen LogP contribution is 2.33. The molecule has 0 aliphatic heterocycles. The van der Waals surface area contributed by atoms with Gasteiger partial charge in [-0.25, -0.2) is 27.0 Å². The van der Waals surface area contributed by atoms with Gasteiger partial charge in [0.2, 0.25) is 0 Å². The summed E-state index contributed by atoms with van der Waals surface area (Å²) in [6.07, 6.45) is -4.06. The van der Waals surface area contributed by atoms with Crippen LogP contribution in [0.2, 0.25) is 5.02 Å². The van der Waals surface area contributed by atoms with Crippen molar-refractivity contribution in [3.8, 4) is 22.8 Å². The second kappa shape index (κ2) is 7.59. The molecule has 0 N–H and O–H groups in total. The molecule has 2 aromatic carbocycles. The highest BCUT2D eigenvalue weighted by Gasteiger charge is 2.48. The van der Waals surface area contributed by atoms with Crippen molar-refractivity contribution in [2.45, 2.75) is 16.6 Å². The summed E-state index contributed by atoms with van der Waals surface area (Å²) >= 11 is 6.00. The zero-order valence-corrected chi connectivity index (χ0v) is 15.6. The molecule has 1 atom stereocenters. The van der Waals surface area contributed by atoms with E-state index in [1.54, 1.807) is 0 Å². The molecule has 4 nitrogen and oxygen atoms in total. The third kappa shape index (κ3) is 3.66. The van der Waals surface area contributed by atoms with Gasteiger partial charge in [0.05, 0.1) is 10.6 Å². The summed E-state index contributed by atoms with van der Waals surface area (Å²) in [5, 5.41) is -0.456. The first kappa shape index (κ1) is 20.4. The average molecular weight is 436 g/mol. The Bertz CT molecular complexity index is 1020. The molecule has 0 saturated heterocycles. The summed E-state index contributed by atoms with van der Waals surface area (Å²) in [6, 6.07) is 8.74. The monoisotopic (exact) mass is 435 g/mol. The molecule has 0 aliphatic carbocycles. The predicted octanol–water partition coefficient (Wildman–Crippen LogP) is 4.91. The maximum absolute atomic E-state index is 14.1. The largest absolute Gasteiger partial charge is 0.384 e. The van der Waals surface area contributed by atoms with E-state index in [1.807, 2.05) is 0 Å². The molecule has 28 heavy (non-hydrogen) atoms. The summed E-state index contributed by atoms with van der Waals surface area (Å²) in [6.45, 7) is 0. The van der Waals surface area contributed by atoms with Gasteiger partial charge >= 0.3 is 11.7 Å². The van der Waals surface area contributed by atoms with E-state index >= 15 is 0 Å². The second-order valence-electron chi connectivity index (χ2n) is 5.63. The van der Waals surface area contributed by atoms with Crippen molar-refractivity contribution in [1.82, 2.24) is 14.8 Å². The van der Waals surface area contributed by atoms with Crippen LogP contribution in [0.15, 0.2) is 47.4 Å². The molecule has 0 amide bonds. The van der Waals surface area contributed by atoms with Gasteiger partial charge in [0.1, 0.15) is 16.6 Å². The van der Waals surface area contributed by atoms with Gasteiger partial charge < -0.3 is 0 Å². The molecule has 0 saturated carbocycles. The van der Waals surface area contributed by atoms with Gasteiger partial charge in [-0.05, 0) is 36.4 Å². The lowest BCUT2D eigenvalue weighted by molar-refractivity contribution is -0.0602. The minimum atomic E-state index is -4.67. The first-order chi connectivity index (χ1) is 13.1. The van der Waals surface area contributed by atoms with Gasteiger partial charge in [0.15, 0.2) is 11.6 Å². The van der Waals surface area contributed by atoms with E-state index in [2.05, 4.69) is 10.1 Å². The first-order valence-corrected chi connectivity index (χ1v) is 9.19. The molecule has 11 heteroatoms. The number of nitrogens with zero attached hydrogens (tertiary/aromatic N) is 3. The number of hydrogen-bond donors (Lipinski definition) is 0. The zero-order valence-electron chi connectivity index (χ0n) is 14.0. The molecule has 0 bridgehead atoms. The van der Waals surface area contributed by atoms with E-state index < -0.39 is 33.2 Å². The van der Waals surface area contributed by atoms with Crippen molar-refractivity contribution in [1.29, 1.82) is 0 Å². The smallest absolute Gasteiger partial charge is 0.248 e. The Hall–Kier alpha value is -2.33. The number of halogens is 6. The summed E-state index contributed by atoms with van der Waals surface area (Å²) in [7, 11) is -1.69. The van der Waals surface area contributed by atoms with Gasteiger partial charge in [-0.15, -0.1) is 0 Å². The Kier molecular flexibility index (Phi) is 5.53. The topological polar surface area (TPSA) is 47.8 Å². The normalized spacial score (nSPS) is 13.1. The van der Waals surface area contributed by atoms with Gasteiger partial charge in [-0.3, -0.25) is 0 Å². The van der Waals surface area contributed by atoms with E-state index in [0.29, 0.717) is 5.56 Å². The second-order valence-corrected chi connectivity index (χ2v) is 7.60. The fourth-order valence-corrected chi connectivity index (χ4v) is 3.53. The average Bonchev–Trinajstić information content (AvgIpc) is 3.02. The van der Waals surface area contributed by atoms with Crippen molar-refractivity contribution in [3.05, 3.63) is 53.3 Å². The zero-order chi connectivity index (χ0) is 20.6. The fraction of sp³-hybridized carbons (Fsp3) is 0.176. The van der Waals surface area contributed by atoms with Crippen LogP contribution in [0.5, 0.6) is 0 Å². The summed E-state index contributed by atoms with van der Waals surface area (Å²) in [5.74, 6) is -0.366. The summed E-state index contributed by atoms with van der Waals surface area (Å²) in [4.78, 5) is 3.74. The van der Waals surface area contributed by atoms with Gasteiger partial charge in [-0.1, -0.05) is 17.7 Å². The van der Waals surface area contributed by atoms with E-state index in [-0.39, 0.29) is 22.2 Å². The molecule has 0 fully saturated rings. The predicted molar refractivity (Wildman–Crippen MR) is 94.2 cm³/mol. The van der Waals surface area contributed by atoms with Crippen LogP contribution in [-0.2, 0) is 17.8 Å². The van der Waals surface area contributed by atoms with E-state index in [9.17, 15) is 26.2 Å². The minimum absolute atomic E-state index is 0.000293. The van der Waals surface area contributed by atoms with Gasteiger partial charge in [-0.2, -0.15) is 13.9 Å².